The van der Waals surface area contributed by atoms with Crippen molar-refractivity contribution in [1.82, 2.24) is 14.9 Å². The zero-order chi connectivity index (χ0) is 15.1. The number of nitrogens with one attached hydrogen (secondary N) is 1. The number of amides is 1. The van der Waals surface area contributed by atoms with Gasteiger partial charge in [0.15, 0.2) is 5.82 Å². The van der Waals surface area contributed by atoms with Crippen molar-refractivity contribution >= 4 is 21.8 Å². The van der Waals surface area contributed by atoms with Crippen LogP contribution in [0.2, 0.25) is 0 Å². The number of rotatable bonds is 2. The predicted octanol–water partition coefficient (Wildman–Crippen LogP) is 3.72. The van der Waals surface area contributed by atoms with Gasteiger partial charge in [0, 0.05) is 12.1 Å². The van der Waals surface area contributed by atoms with Gasteiger partial charge in [-0.3, -0.25) is 4.79 Å². The van der Waals surface area contributed by atoms with Crippen LogP contribution in [0.3, 0.4) is 0 Å². The Kier molecular flexibility index (Phi) is 3.53. The molecule has 1 N–H and O–H groups in total. The molecule has 1 amide bonds. The molecule has 4 nitrogen and oxygen atoms in total. The van der Waals surface area contributed by atoms with Gasteiger partial charge in [-0.1, -0.05) is 30.3 Å². The van der Waals surface area contributed by atoms with E-state index in [2.05, 4.69) is 61.1 Å². The Bertz CT molecular complexity index is 670. The van der Waals surface area contributed by atoms with Crippen LogP contribution < -0.4 is 0 Å². The zero-order valence-corrected chi connectivity index (χ0v) is 13.8. The van der Waals surface area contributed by atoms with Crippen molar-refractivity contribution in [3.8, 4) is 0 Å². The van der Waals surface area contributed by atoms with Crippen LogP contribution in [0.5, 0.6) is 0 Å². The Balaban J connectivity index is 1.55. The Morgan fingerprint density at radius 3 is 2.45 bits per heavy atom. The summed E-state index contributed by atoms with van der Waals surface area (Å²) in [4.78, 5) is 22.0. The van der Waals surface area contributed by atoms with Crippen LogP contribution in [0.4, 0.5) is 0 Å². The van der Waals surface area contributed by atoms with Crippen molar-refractivity contribution in [3.63, 3.8) is 0 Å². The maximum Gasteiger partial charge on any atom is 0.290 e. The highest BCUT2D eigenvalue weighted by atomic mass is 79.9. The molecule has 1 unspecified atom stereocenters. The molecule has 3 atom stereocenters. The number of piperidine rings is 1. The molecule has 2 fully saturated rings. The number of carbonyl (C=O) groups excluding carboxylic acids is 1. The second-order valence-corrected chi connectivity index (χ2v) is 7.11. The molecule has 2 aliphatic heterocycles. The fourth-order valence-corrected chi connectivity index (χ4v) is 4.33. The molecular formula is C17H18BrN3O. The van der Waals surface area contributed by atoms with E-state index in [1.807, 2.05) is 0 Å². The first kappa shape index (κ1) is 14.0. The number of H-pyrrole nitrogens is 1. The fraction of sp³-hybridized carbons (Fsp3) is 0.412. The van der Waals surface area contributed by atoms with Gasteiger partial charge in [-0.25, -0.2) is 4.98 Å². The molecule has 2 aromatic rings. The lowest BCUT2D eigenvalue weighted by molar-refractivity contribution is 0.0560. The monoisotopic (exact) mass is 359 g/mol. The van der Waals surface area contributed by atoms with E-state index in [0.717, 1.165) is 30.3 Å². The van der Waals surface area contributed by atoms with Crippen molar-refractivity contribution in [3.05, 3.63) is 52.5 Å². The number of hydrogen-bond acceptors (Lipinski definition) is 2. The quantitative estimate of drug-likeness (QED) is 0.887. The first-order valence-corrected chi connectivity index (χ1v) is 8.60. The Labute approximate surface area is 138 Å². The number of carbonyl (C=O) groups is 1. The van der Waals surface area contributed by atoms with Crippen LogP contribution in [0, 0.1) is 0 Å². The first-order valence-electron chi connectivity index (χ1n) is 7.80. The highest BCUT2D eigenvalue weighted by Crippen LogP contribution is 2.43. The molecule has 114 valence electrons. The van der Waals surface area contributed by atoms with E-state index < -0.39 is 0 Å². The van der Waals surface area contributed by atoms with Gasteiger partial charge in [0.25, 0.3) is 5.91 Å². The van der Waals surface area contributed by atoms with Crippen molar-refractivity contribution in [2.75, 3.05) is 0 Å². The summed E-state index contributed by atoms with van der Waals surface area (Å²) < 4.78 is 0.752. The molecule has 0 radical (unpaired) electrons. The second-order valence-electron chi connectivity index (χ2n) is 6.26. The topological polar surface area (TPSA) is 49.0 Å². The number of aromatic amines is 1. The standard InChI is InChI=1S/C17H18BrN3O/c18-15-10-19-16(20-15)17(22)21-13-6-7-14(21)9-12(8-13)11-4-2-1-3-5-11/h1-5,10,12-14H,6-9H2,(H,19,20)/t12?,13-,14+. The lowest BCUT2D eigenvalue weighted by Crippen LogP contribution is -2.46. The predicted molar refractivity (Wildman–Crippen MR) is 87.7 cm³/mol. The Hall–Kier alpha value is -1.62. The van der Waals surface area contributed by atoms with Crippen molar-refractivity contribution in [2.45, 2.75) is 43.7 Å². The highest BCUT2D eigenvalue weighted by molar-refractivity contribution is 9.10. The lowest BCUT2D eigenvalue weighted by Gasteiger charge is -2.38. The molecule has 22 heavy (non-hydrogen) atoms. The van der Waals surface area contributed by atoms with Gasteiger partial charge in [-0.05, 0) is 53.1 Å². The van der Waals surface area contributed by atoms with Crippen LogP contribution >= 0.6 is 15.9 Å². The summed E-state index contributed by atoms with van der Waals surface area (Å²) in [7, 11) is 0. The summed E-state index contributed by atoms with van der Waals surface area (Å²) in [6, 6.07) is 11.4. The number of hydrogen-bond donors (Lipinski definition) is 1. The van der Waals surface area contributed by atoms with E-state index in [-0.39, 0.29) is 5.91 Å². The minimum atomic E-state index is 0.0460. The maximum atomic E-state index is 12.7. The molecule has 4 rings (SSSR count). The van der Waals surface area contributed by atoms with Crippen LogP contribution in [-0.4, -0.2) is 32.9 Å². The number of imidazole rings is 1. The smallest absolute Gasteiger partial charge is 0.290 e. The number of benzene rings is 1. The van der Waals surface area contributed by atoms with E-state index in [9.17, 15) is 4.79 Å². The van der Waals surface area contributed by atoms with E-state index in [4.69, 9.17) is 0 Å². The number of nitrogens with zero attached hydrogens (tertiary/aromatic N) is 2. The minimum absolute atomic E-state index is 0.0460. The minimum Gasteiger partial charge on any atom is -0.330 e. The zero-order valence-electron chi connectivity index (χ0n) is 12.2. The molecule has 3 heterocycles. The second kappa shape index (κ2) is 5.54. The van der Waals surface area contributed by atoms with Crippen molar-refractivity contribution < 1.29 is 4.79 Å². The molecule has 0 spiro atoms. The summed E-state index contributed by atoms with van der Waals surface area (Å²) in [5, 5.41) is 0. The maximum absolute atomic E-state index is 12.7. The highest BCUT2D eigenvalue weighted by Gasteiger charge is 2.44. The third-order valence-electron chi connectivity index (χ3n) is 4.99. The van der Waals surface area contributed by atoms with Crippen LogP contribution in [0.25, 0.3) is 0 Å². The molecule has 5 heteroatoms. The molecule has 0 saturated carbocycles. The van der Waals surface area contributed by atoms with Crippen molar-refractivity contribution in [1.29, 1.82) is 0 Å². The Morgan fingerprint density at radius 2 is 1.86 bits per heavy atom. The molecule has 1 aromatic carbocycles. The first-order chi connectivity index (χ1) is 10.7. The molecule has 2 aliphatic rings. The van der Waals surface area contributed by atoms with Crippen LogP contribution in [-0.2, 0) is 0 Å². The molecule has 2 bridgehead atoms. The third kappa shape index (κ3) is 2.37. The van der Waals surface area contributed by atoms with E-state index in [1.165, 1.54) is 5.56 Å². The van der Waals surface area contributed by atoms with Gasteiger partial charge < -0.3 is 9.88 Å². The lowest BCUT2D eigenvalue weighted by atomic mass is 9.85. The molecule has 2 saturated heterocycles. The molecule has 0 aliphatic carbocycles. The van der Waals surface area contributed by atoms with Gasteiger partial charge in [0.05, 0.1) is 6.20 Å². The van der Waals surface area contributed by atoms with E-state index in [1.54, 1.807) is 6.20 Å². The average molecular weight is 360 g/mol. The van der Waals surface area contributed by atoms with Gasteiger partial charge in [-0.15, -0.1) is 0 Å². The summed E-state index contributed by atoms with van der Waals surface area (Å²) in [6.45, 7) is 0. The van der Waals surface area contributed by atoms with E-state index >= 15 is 0 Å². The number of halogens is 1. The van der Waals surface area contributed by atoms with Gasteiger partial charge >= 0.3 is 0 Å². The summed E-state index contributed by atoms with van der Waals surface area (Å²) in [5.41, 5.74) is 1.41. The van der Waals surface area contributed by atoms with Gasteiger partial charge in [0.2, 0.25) is 0 Å². The normalized spacial score (nSPS) is 27.1. The number of fused-ring (bicyclic) bond motifs is 2. The third-order valence-corrected chi connectivity index (χ3v) is 5.39. The SMILES string of the molecule is O=C(c1ncc(Br)[nH]1)N1[C@@H]2CC[C@H]1CC(c1ccccc1)C2. The van der Waals surface area contributed by atoms with Crippen LogP contribution in [0.15, 0.2) is 41.1 Å². The summed E-state index contributed by atoms with van der Waals surface area (Å²) in [5.74, 6) is 1.07. The molecular weight excluding hydrogens is 342 g/mol. The van der Waals surface area contributed by atoms with Gasteiger partial charge in [-0.2, -0.15) is 0 Å². The average Bonchev–Trinajstić information content (AvgIpc) is 3.09. The largest absolute Gasteiger partial charge is 0.330 e. The summed E-state index contributed by atoms with van der Waals surface area (Å²) in [6.07, 6.45) is 6.00. The van der Waals surface area contributed by atoms with Crippen molar-refractivity contribution in [2.24, 2.45) is 0 Å². The fourth-order valence-electron chi connectivity index (χ4n) is 4.04. The van der Waals surface area contributed by atoms with Crippen LogP contribution in [0.1, 0.15) is 47.8 Å². The summed E-state index contributed by atoms with van der Waals surface area (Å²) >= 11 is 3.32. The van der Waals surface area contributed by atoms with E-state index in [0.29, 0.717) is 23.8 Å². The number of aromatic nitrogens is 2. The molecule has 1 aromatic heterocycles. The van der Waals surface area contributed by atoms with Gasteiger partial charge in [0.1, 0.15) is 4.60 Å². The Morgan fingerprint density at radius 1 is 1.18 bits per heavy atom.